The molecule has 1 fully saturated rings. The minimum atomic E-state index is -0.833. The second-order valence-electron chi connectivity index (χ2n) is 5.95. The van der Waals surface area contributed by atoms with Crippen LogP contribution in [0.1, 0.15) is 44.0 Å². The Morgan fingerprint density at radius 3 is 2.39 bits per heavy atom. The number of benzene rings is 1. The number of carboxylic acids is 1. The van der Waals surface area contributed by atoms with Gasteiger partial charge in [0.2, 0.25) is 0 Å². The smallest absolute Gasteiger partial charge is 0.300 e. The van der Waals surface area contributed by atoms with Crippen molar-refractivity contribution in [2.24, 2.45) is 5.92 Å². The molecule has 1 N–H and O–H groups in total. The van der Waals surface area contributed by atoms with Gasteiger partial charge >= 0.3 is 0 Å². The van der Waals surface area contributed by atoms with E-state index in [-0.39, 0.29) is 11.8 Å². The summed E-state index contributed by atoms with van der Waals surface area (Å²) >= 11 is 0. The average molecular weight is 317 g/mol. The SMILES string of the molecule is C=CCN1C(CC)CC(C)C1C(=O)c1ccccc1.CC(=O)O. The van der Waals surface area contributed by atoms with Crippen molar-refractivity contribution in [1.82, 2.24) is 4.90 Å². The largest absolute Gasteiger partial charge is 0.481 e. The minimum Gasteiger partial charge on any atom is -0.481 e. The molecule has 0 aromatic heterocycles. The van der Waals surface area contributed by atoms with Gasteiger partial charge in [-0.25, -0.2) is 0 Å². The fourth-order valence-corrected chi connectivity index (χ4v) is 3.24. The summed E-state index contributed by atoms with van der Waals surface area (Å²) in [6.07, 6.45) is 4.11. The molecule has 1 aliphatic rings. The molecule has 4 heteroatoms. The van der Waals surface area contributed by atoms with Gasteiger partial charge in [-0.2, -0.15) is 0 Å². The lowest BCUT2D eigenvalue weighted by atomic mass is 9.94. The van der Waals surface area contributed by atoms with Gasteiger partial charge in [0, 0.05) is 25.1 Å². The van der Waals surface area contributed by atoms with Gasteiger partial charge in [-0.05, 0) is 18.8 Å². The van der Waals surface area contributed by atoms with Gasteiger partial charge in [-0.1, -0.05) is 50.3 Å². The normalized spacial score (nSPS) is 23.7. The van der Waals surface area contributed by atoms with Crippen LogP contribution in [0.25, 0.3) is 0 Å². The molecule has 0 saturated carbocycles. The van der Waals surface area contributed by atoms with Gasteiger partial charge in [-0.3, -0.25) is 14.5 Å². The Balaban J connectivity index is 0.000000593. The number of hydrogen-bond acceptors (Lipinski definition) is 3. The molecule has 0 bridgehead atoms. The molecule has 1 aromatic carbocycles. The highest BCUT2D eigenvalue weighted by atomic mass is 16.4. The summed E-state index contributed by atoms with van der Waals surface area (Å²) in [5.74, 6) is -0.163. The molecular weight excluding hydrogens is 290 g/mol. The Hall–Kier alpha value is -1.94. The van der Waals surface area contributed by atoms with Gasteiger partial charge < -0.3 is 5.11 Å². The molecule has 23 heavy (non-hydrogen) atoms. The first-order chi connectivity index (χ1) is 10.9. The molecule has 4 nitrogen and oxygen atoms in total. The first-order valence-electron chi connectivity index (χ1n) is 8.07. The third-order valence-electron chi connectivity index (χ3n) is 4.15. The molecule has 1 aliphatic heterocycles. The standard InChI is InChI=1S/C17H23NO.C2H4O2/c1-4-11-18-15(5-2)12-13(3)16(18)17(19)14-9-7-6-8-10-14;1-2(3)4/h4,6-10,13,15-16H,1,5,11-12H2,2-3H3;1H3,(H,3,4). The second-order valence-corrected chi connectivity index (χ2v) is 5.95. The average Bonchev–Trinajstić information content (AvgIpc) is 2.83. The third-order valence-corrected chi connectivity index (χ3v) is 4.15. The summed E-state index contributed by atoms with van der Waals surface area (Å²) < 4.78 is 0. The fourth-order valence-electron chi connectivity index (χ4n) is 3.24. The van der Waals surface area contributed by atoms with Crippen molar-refractivity contribution < 1.29 is 14.7 Å². The zero-order valence-corrected chi connectivity index (χ0v) is 14.2. The van der Waals surface area contributed by atoms with Crippen molar-refractivity contribution in [2.75, 3.05) is 6.54 Å². The molecule has 0 aliphatic carbocycles. The Morgan fingerprint density at radius 1 is 1.35 bits per heavy atom. The Bertz CT molecular complexity index is 523. The molecule has 126 valence electrons. The number of likely N-dealkylation sites (tertiary alicyclic amines) is 1. The van der Waals surface area contributed by atoms with E-state index in [1.807, 2.05) is 36.4 Å². The molecule has 0 radical (unpaired) electrons. The summed E-state index contributed by atoms with van der Waals surface area (Å²) in [7, 11) is 0. The van der Waals surface area contributed by atoms with E-state index in [0.29, 0.717) is 12.0 Å². The monoisotopic (exact) mass is 317 g/mol. The van der Waals surface area contributed by atoms with Crippen LogP contribution in [-0.4, -0.2) is 40.4 Å². The van der Waals surface area contributed by atoms with Crippen LogP contribution >= 0.6 is 0 Å². The van der Waals surface area contributed by atoms with E-state index in [1.54, 1.807) is 0 Å². The van der Waals surface area contributed by atoms with Crippen LogP contribution in [0, 0.1) is 5.92 Å². The molecule has 3 atom stereocenters. The number of carbonyl (C=O) groups excluding carboxylic acids is 1. The van der Waals surface area contributed by atoms with Gasteiger partial charge in [0.1, 0.15) is 0 Å². The van der Waals surface area contributed by atoms with Gasteiger partial charge in [0.05, 0.1) is 6.04 Å². The highest BCUT2D eigenvalue weighted by Gasteiger charge is 2.41. The molecular formula is C19H27NO3. The zero-order chi connectivity index (χ0) is 17.4. The predicted molar refractivity (Wildman–Crippen MR) is 92.6 cm³/mol. The highest BCUT2D eigenvalue weighted by Crippen LogP contribution is 2.33. The number of Topliss-reactive ketones (excluding diaryl/α,β-unsaturated/α-hetero) is 1. The minimum absolute atomic E-state index is 0.00495. The maximum absolute atomic E-state index is 12.7. The van der Waals surface area contributed by atoms with Crippen LogP contribution in [0.4, 0.5) is 0 Å². The van der Waals surface area contributed by atoms with Crippen LogP contribution in [-0.2, 0) is 4.79 Å². The van der Waals surface area contributed by atoms with Crippen molar-refractivity contribution >= 4 is 11.8 Å². The number of ketones is 1. The first-order valence-corrected chi connectivity index (χ1v) is 8.07. The zero-order valence-electron chi connectivity index (χ0n) is 14.2. The fraction of sp³-hybridized carbons (Fsp3) is 0.474. The molecule has 2 rings (SSSR count). The summed E-state index contributed by atoms with van der Waals surface area (Å²) in [5, 5.41) is 7.42. The number of carboxylic acid groups (broad SMARTS) is 1. The number of carbonyl (C=O) groups is 2. The molecule has 0 spiro atoms. The summed E-state index contributed by atoms with van der Waals surface area (Å²) in [5.41, 5.74) is 0.824. The van der Waals surface area contributed by atoms with Crippen molar-refractivity contribution in [3.63, 3.8) is 0 Å². The van der Waals surface area contributed by atoms with Crippen molar-refractivity contribution in [3.8, 4) is 0 Å². The molecule has 0 amide bonds. The predicted octanol–water partition coefficient (Wildman–Crippen LogP) is 3.64. The van der Waals surface area contributed by atoms with E-state index in [0.717, 1.165) is 31.9 Å². The lowest BCUT2D eigenvalue weighted by molar-refractivity contribution is -0.134. The quantitative estimate of drug-likeness (QED) is 0.665. The van der Waals surface area contributed by atoms with Crippen LogP contribution in [0.3, 0.4) is 0 Å². The van der Waals surface area contributed by atoms with Crippen LogP contribution in [0.5, 0.6) is 0 Å². The van der Waals surface area contributed by atoms with Gasteiger partial charge in [-0.15, -0.1) is 6.58 Å². The van der Waals surface area contributed by atoms with Crippen molar-refractivity contribution in [1.29, 1.82) is 0 Å². The Kier molecular flexibility index (Phi) is 7.69. The maximum atomic E-state index is 12.7. The topological polar surface area (TPSA) is 57.6 Å². The second kappa shape index (κ2) is 9.26. The van der Waals surface area contributed by atoms with E-state index in [9.17, 15) is 4.79 Å². The molecule has 1 heterocycles. The lowest BCUT2D eigenvalue weighted by Gasteiger charge is -2.28. The number of aliphatic carboxylic acids is 1. The van der Waals surface area contributed by atoms with E-state index in [2.05, 4.69) is 25.3 Å². The molecule has 1 saturated heterocycles. The summed E-state index contributed by atoms with van der Waals surface area (Å²) in [6, 6.07) is 10.2. The Labute approximate surface area is 138 Å². The Morgan fingerprint density at radius 2 is 1.91 bits per heavy atom. The van der Waals surface area contributed by atoms with Crippen molar-refractivity contribution in [2.45, 2.75) is 45.7 Å². The summed E-state index contributed by atoms with van der Waals surface area (Å²) in [4.78, 5) is 24.1. The molecule has 3 unspecified atom stereocenters. The van der Waals surface area contributed by atoms with Crippen LogP contribution in [0.2, 0.25) is 0 Å². The number of rotatable bonds is 5. The van der Waals surface area contributed by atoms with E-state index >= 15 is 0 Å². The maximum Gasteiger partial charge on any atom is 0.300 e. The molecule has 1 aromatic rings. The van der Waals surface area contributed by atoms with E-state index < -0.39 is 5.97 Å². The van der Waals surface area contributed by atoms with Crippen LogP contribution < -0.4 is 0 Å². The first kappa shape index (κ1) is 19.1. The van der Waals surface area contributed by atoms with E-state index in [1.165, 1.54) is 0 Å². The van der Waals surface area contributed by atoms with Gasteiger partial charge in [0.25, 0.3) is 5.97 Å². The third kappa shape index (κ3) is 5.32. The van der Waals surface area contributed by atoms with Crippen LogP contribution in [0.15, 0.2) is 43.0 Å². The summed E-state index contributed by atoms with van der Waals surface area (Å²) in [6.45, 7) is 10.1. The highest BCUT2D eigenvalue weighted by molar-refractivity contribution is 6.00. The van der Waals surface area contributed by atoms with Gasteiger partial charge in [0.15, 0.2) is 5.78 Å². The van der Waals surface area contributed by atoms with E-state index in [4.69, 9.17) is 9.90 Å². The van der Waals surface area contributed by atoms with Crippen molar-refractivity contribution in [3.05, 3.63) is 48.6 Å². The lowest BCUT2D eigenvalue weighted by Crippen LogP contribution is -2.42. The number of hydrogen-bond donors (Lipinski definition) is 1. The number of nitrogens with zero attached hydrogens (tertiary/aromatic N) is 1.